The first-order chi connectivity index (χ1) is 7.43. The van der Waals surface area contributed by atoms with Crippen LogP contribution in [-0.4, -0.2) is 27.1 Å². The predicted molar refractivity (Wildman–Crippen MR) is 67.9 cm³/mol. The van der Waals surface area contributed by atoms with Crippen LogP contribution in [0.4, 0.5) is 5.69 Å². The molecule has 0 saturated heterocycles. The van der Waals surface area contributed by atoms with Crippen molar-refractivity contribution in [2.75, 3.05) is 24.0 Å². The fraction of sp³-hybridized carbons (Fsp3) is 0.455. The van der Waals surface area contributed by atoms with E-state index in [-0.39, 0.29) is 0 Å². The normalized spacial score (nSPS) is 13.4. The number of rotatable bonds is 5. The van der Waals surface area contributed by atoms with Gasteiger partial charge in [-0.15, -0.1) is 11.6 Å². The highest BCUT2D eigenvalue weighted by atomic mass is 35.5. The summed E-state index contributed by atoms with van der Waals surface area (Å²) >= 11 is 5.68. The molecule has 1 aromatic rings. The van der Waals surface area contributed by atoms with E-state index in [1.807, 2.05) is 6.92 Å². The zero-order chi connectivity index (χ0) is 12.2. The Morgan fingerprint density at radius 2 is 1.88 bits per heavy atom. The second-order valence-corrected chi connectivity index (χ2v) is 6.26. The van der Waals surface area contributed by atoms with E-state index in [4.69, 9.17) is 11.6 Å². The molecular formula is C11H16ClNO2S. The van der Waals surface area contributed by atoms with Crippen LogP contribution in [0.15, 0.2) is 29.2 Å². The molecule has 0 saturated carbocycles. The van der Waals surface area contributed by atoms with Crippen LogP contribution in [-0.2, 0) is 9.84 Å². The number of halogens is 1. The van der Waals surface area contributed by atoms with Gasteiger partial charge in [0.1, 0.15) is 0 Å². The van der Waals surface area contributed by atoms with E-state index in [0.29, 0.717) is 16.7 Å². The van der Waals surface area contributed by atoms with Crippen molar-refractivity contribution < 1.29 is 8.42 Å². The minimum atomic E-state index is -3.10. The molecule has 90 valence electrons. The van der Waals surface area contributed by atoms with Gasteiger partial charge in [0.05, 0.1) is 4.90 Å². The topological polar surface area (TPSA) is 46.2 Å². The van der Waals surface area contributed by atoms with E-state index in [0.717, 1.165) is 12.2 Å². The monoisotopic (exact) mass is 261 g/mol. The van der Waals surface area contributed by atoms with E-state index < -0.39 is 9.84 Å². The van der Waals surface area contributed by atoms with E-state index in [1.54, 1.807) is 24.3 Å². The first-order valence-corrected chi connectivity index (χ1v) is 7.46. The molecule has 0 aliphatic carbocycles. The zero-order valence-corrected chi connectivity index (χ0v) is 11.0. The number of benzene rings is 1. The van der Waals surface area contributed by atoms with Crippen molar-refractivity contribution in [3.63, 3.8) is 0 Å². The second-order valence-electron chi connectivity index (χ2n) is 3.94. The summed E-state index contributed by atoms with van der Waals surface area (Å²) in [7, 11) is -3.10. The lowest BCUT2D eigenvalue weighted by molar-refractivity contribution is 0.602. The zero-order valence-electron chi connectivity index (χ0n) is 9.40. The maximum Gasteiger partial charge on any atom is 0.175 e. The third kappa shape index (κ3) is 4.02. The Kier molecular flexibility index (Phi) is 4.62. The summed E-state index contributed by atoms with van der Waals surface area (Å²) in [5.41, 5.74) is 0.907. The molecule has 0 spiro atoms. The molecule has 0 heterocycles. The van der Waals surface area contributed by atoms with Gasteiger partial charge in [-0.25, -0.2) is 8.42 Å². The lowest BCUT2D eigenvalue weighted by Crippen LogP contribution is -2.12. The molecule has 1 atom stereocenters. The van der Waals surface area contributed by atoms with Crippen LogP contribution in [0.1, 0.15) is 6.92 Å². The van der Waals surface area contributed by atoms with Gasteiger partial charge in [-0.3, -0.25) is 0 Å². The fourth-order valence-electron chi connectivity index (χ4n) is 1.17. The number of hydrogen-bond acceptors (Lipinski definition) is 3. The number of hydrogen-bond donors (Lipinski definition) is 1. The summed E-state index contributed by atoms with van der Waals surface area (Å²) in [6, 6.07) is 6.72. The number of nitrogens with one attached hydrogen (secondary N) is 1. The highest BCUT2D eigenvalue weighted by Gasteiger charge is 2.06. The van der Waals surface area contributed by atoms with Gasteiger partial charge in [-0.1, -0.05) is 6.92 Å². The van der Waals surface area contributed by atoms with E-state index >= 15 is 0 Å². The molecule has 0 fully saturated rings. The molecular weight excluding hydrogens is 246 g/mol. The number of anilines is 1. The van der Waals surface area contributed by atoms with E-state index in [2.05, 4.69) is 5.32 Å². The van der Waals surface area contributed by atoms with Crippen molar-refractivity contribution >= 4 is 27.1 Å². The SMILES string of the molecule is CC(CCl)CNc1ccc(S(C)(=O)=O)cc1. The Hall–Kier alpha value is -0.740. The summed E-state index contributed by atoms with van der Waals surface area (Å²) in [4.78, 5) is 0.337. The summed E-state index contributed by atoms with van der Waals surface area (Å²) in [5, 5.41) is 3.19. The van der Waals surface area contributed by atoms with Crippen LogP contribution in [0.5, 0.6) is 0 Å². The lowest BCUT2D eigenvalue weighted by Gasteiger charge is -2.10. The van der Waals surface area contributed by atoms with Crippen LogP contribution in [0, 0.1) is 5.92 Å². The third-order valence-corrected chi connectivity index (χ3v) is 3.86. The minimum absolute atomic E-state index is 0.337. The molecule has 3 nitrogen and oxygen atoms in total. The quantitative estimate of drug-likeness (QED) is 0.828. The third-order valence-electron chi connectivity index (χ3n) is 2.20. The van der Waals surface area contributed by atoms with Gasteiger partial charge in [0.2, 0.25) is 0 Å². The summed E-state index contributed by atoms with van der Waals surface area (Å²) in [5.74, 6) is 0.991. The van der Waals surface area contributed by atoms with Crippen molar-refractivity contribution in [3.8, 4) is 0 Å². The molecule has 0 amide bonds. The Morgan fingerprint density at radius 1 is 1.31 bits per heavy atom. The highest BCUT2D eigenvalue weighted by Crippen LogP contribution is 2.14. The first-order valence-electron chi connectivity index (χ1n) is 5.03. The Balaban J connectivity index is 2.66. The van der Waals surface area contributed by atoms with E-state index in [1.165, 1.54) is 6.26 Å². The van der Waals surface area contributed by atoms with Crippen LogP contribution >= 0.6 is 11.6 Å². The van der Waals surface area contributed by atoms with E-state index in [9.17, 15) is 8.42 Å². The van der Waals surface area contributed by atoms with Crippen molar-refractivity contribution in [2.45, 2.75) is 11.8 Å². The molecule has 0 aliphatic heterocycles. The van der Waals surface area contributed by atoms with Crippen molar-refractivity contribution in [1.29, 1.82) is 0 Å². The van der Waals surface area contributed by atoms with Crippen LogP contribution < -0.4 is 5.32 Å². The van der Waals surface area contributed by atoms with Crippen LogP contribution in [0.2, 0.25) is 0 Å². The van der Waals surface area contributed by atoms with Gasteiger partial charge >= 0.3 is 0 Å². The molecule has 0 aliphatic rings. The molecule has 0 radical (unpaired) electrons. The van der Waals surface area contributed by atoms with Crippen molar-refractivity contribution in [2.24, 2.45) is 5.92 Å². The first kappa shape index (κ1) is 13.3. The summed E-state index contributed by atoms with van der Waals surface area (Å²) < 4.78 is 22.4. The Bertz CT molecular complexity index is 428. The standard InChI is InChI=1S/C11H16ClNO2S/c1-9(7-12)8-13-10-3-5-11(6-4-10)16(2,14)15/h3-6,9,13H,7-8H2,1-2H3. The van der Waals surface area contributed by atoms with Crippen molar-refractivity contribution in [1.82, 2.24) is 0 Å². The van der Waals surface area contributed by atoms with Crippen LogP contribution in [0.3, 0.4) is 0 Å². The molecule has 16 heavy (non-hydrogen) atoms. The van der Waals surface area contributed by atoms with Gasteiger partial charge in [-0.05, 0) is 30.2 Å². The molecule has 1 aromatic carbocycles. The second kappa shape index (κ2) is 5.55. The number of sulfone groups is 1. The highest BCUT2D eigenvalue weighted by molar-refractivity contribution is 7.90. The average molecular weight is 262 g/mol. The molecule has 0 aromatic heterocycles. The maximum atomic E-state index is 11.2. The van der Waals surface area contributed by atoms with Gasteiger partial charge in [0.15, 0.2) is 9.84 Å². The minimum Gasteiger partial charge on any atom is -0.385 e. The Morgan fingerprint density at radius 3 is 2.31 bits per heavy atom. The summed E-state index contributed by atoms with van der Waals surface area (Å²) in [6.07, 6.45) is 1.20. The van der Waals surface area contributed by atoms with Crippen molar-refractivity contribution in [3.05, 3.63) is 24.3 Å². The number of alkyl halides is 1. The average Bonchev–Trinajstić information content (AvgIpc) is 2.25. The van der Waals surface area contributed by atoms with Gasteiger partial charge in [0, 0.05) is 24.4 Å². The predicted octanol–water partition coefficient (Wildman–Crippen LogP) is 2.38. The molecule has 0 bridgehead atoms. The molecule has 1 rings (SSSR count). The smallest absolute Gasteiger partial charge is 0.175 e. The summed E-state index contributed by atoms with van der Waals surface area (Å²) in [6.45, 7) is 2.83. The lowest BCUT2D eigenvalue weighted by atomic mass is 10.2. The fourth-order valence-corrected chi connectivity index (χ4v) is 1.91. The van der Waals surface area contributed by atoms with Gasteiger partial charge < -0.3 is 5.32 Å². The Labute approximate surface area is 102 Å². The van der Waals surface area contributed by atoms with Gasteiger partial charge in [0.25, 0.3) is 0 Å². The molecule has 1 unspecified atom stereocenters. The molecule has 1 N–H and O–H groups in total. The maximum absolute atomic E-state index is 11.2. The largest absolute Gasteiger partial charge is 0.385 e. The van der Waals surface area contributed by atoms with Gasteiger partial charge in [-0.2, -0.15) is 0 Å². The van der Waals surface area contributed by atoms with Crippen LogP contribution in [0.25, 0.3) is 0 Å². The molecule has 5 heteroatoms.